The molecule has 8 heteroatoms. The Morgan fingerprint density at radius 3 is 2.95 bits per heavy atom. The van der Waals surface area contributed by atoms with Crippen LogP contribution in [0.2, 0.25) is 0 Å². The minimum Gasteiger partial charge on any atom is -0.477 e. The highest BCUT2D eigenvalue weighted by Crippen LogP contribution is 2.37. The van der Waals surface area contributed by atoms with Gasteiger partial charge in [0.15, 0.2) is 5.16 Å². The van der Waals surface area contributed by atoms with Crippen LogP contribution in [-0.4, -0.2) is 30.8 Å². The van der Waals surface area contributed by atoms with Gasteiger partial charge in [0.25, 0.3) is 0 Å². The molecule has 0 bridgehead atoms. The molecule has 7 nitrogen and oxygen atoms in total. The summed E-state index contributed by atoms with van der Waals surface area (Å²) < 4.78 is 1.60. The fourth-order valence-electron chi connectivity index (χ4n) is 1.70. The third kappa shape index (κ3) is 2.39. The molecule has 0 spiro atoms. The van der Waals surface area contributed by atoms with Gasteiger partial charge in [-0.25, -0.2) is 19.7 Å². The van der Waals surface area contributed by atoms with Crippen molar-refractivity contribution in [2.24, 2.45) is 0 Å². The minimum absolute atomic E-state index is 0.0270. The molecule has 2 aromatic heterocycles. The van der Waals surface area contributed by atoms with E-state index in [2.05, 4.69) is 15.2 Å². The summed E-state index contributed by atoms with van der Waals surface area (Å²) in [6.45, 7) is 0. The predicted molar refractivity (Wildman–Crippen MR) is 66.4 cm³/mol. The van der Waals surface area contributed by atoms with Crippen LogP contribution < -0.4 is 5.69 Å². The van der Waals surface area contributed by atoms with Gasteiger partial charge in [0.1, 0.15) is 10.7 Å². The number of pyridine rings is 1. The first kappa shape index (κ1) is 12.0. The van der Waals surface area contributed by atoms with Crippen LogP contribution in [0.25, 0.3) is 0 Å². The molecule has 0 saturated heterocycles. The highest BCUT2D eigenvalue weighted by molar-refractivity contribution is 7.99. The van der Waals surface area contributed by atoms with Crippen molar-refractivity contribution in [1.29, 1.82) is 0 Å². The van der Waals surface area contributed by atoms with Gasteiger partial charge in [0, 0.05) is 6.04 Å². The summed E-state index contributed by atoms with van der Waals surface area (Å²) in [6.07, 6.45) is 1.94. The molecule has 2 N–H and O–H groups in total. The Morgan fingerprint density at radius 2 is 2.26 bits per heavy atom. The normalized spacial score (nSPS) is 14.5. The van der Waals surface area contributed by atoms with Gasteiger partial charge in [-0.2, -0.15) is 0 Å². The van der Waals surface area contributed by atoms with Crippen LogP contribution in [0.4, 0.5) is 0 Å². The van der Waals surface area contributed by atoms with Gasteiger partial charge in [-0.05, 0) is 36.7 Å². The van der Waals surface area contributed by atoms with E-state index in [1.807, 2.05) is 0 Å². The third-order valence-corrected chi connectivity index (χ3v) is 3.63. The Labute approximate surface area is 111 Å². The zero-order chi connectivity index (χ0) is 13.4. The summed E-state index contributed by atoms with van der Waals surface area (Å²) >= 11 is 1.18. The van der Waals surface area contributed by atoms with Gasteiger partial charge < -0.3 is 5.11 Å². The summed E-state index contributed by atoms with van der Waals surface area (Å²) in [5.74, 6) is -1.08. The van der Waals surface area contributed by atoms with Crippen molar-refractivity contribution in [2.75, 3.05) is 0 Å². The number of aromatic amines is 1. The lowest BCUT2D eigenvalue weighted by Gasteiger charge is -2.03. The lowest BCUT2D eigenvalue weighted by atomic mass is 10.4. The first-order valence-corrected chi connectivity index (χ1v) is 6.52. The van der Waals surface area contributed by atoms with Crippen molar-refractivity contribution >= 4 is 17.7 Å². The zero-order valence-corrected chi connectivity index (χ0v) is 10.6. The molecule has 0 aliphatic heterocycles. The van der Waals surface area contributed by atoms with E-state index in [0.29, 0.717) is 10.2 Å². The first-order chi connectivity index (χ1) is 9.15. The van der Waals surface area contributed by atoms with Crippen molar-refractivity contribution in [3.8, 4) is 0 Å². The molecular formula is C11H10N4O3S. The molecule has 1 fully saturated rings. The molecule has 0 unspecified atom stereocenters. The maximum Gasteiger partial charge on any atom is 0.354 e. The molecule has 1 saturated carbocycles. The quantitative estimate of drug-likeness (QED) is 0.870. The smallest absolute Gasteiger partial charge is 0.354 e. The largest absolute Gasteiger partial charge is 0.477 e. The monoisotopic (exact) mass is 278 g/mol. The number of aromatic nitrogens is 4. The van der Waals surface area contributed by atoms with E-state index in [-0.39, 0.29) is 17.4 Å². The summed E-state index contributed by atoms with van der Waals surface area (Å²) in [5, 5.41) is 16.3. The fraction of sp³-hybridized carbons (Fsp3) is 0.273. The van der Waals surface area contributed by atoms with Crippen LogP contribution in [0.15, 0.2) is 33.2 Å². The Balaban J connectivity index is 1.91. The van der Waals surface area contributed by atoms with Gasteiger partial charge in [0.2, 0.25) is 0 Å². The molecule has 19 heavy (non-hydrogen) atoms. The van der Waals surface area contributed by atoms with Crippen LogP contribution in [0.3, 0.4) is 0 Å². The van der Waals surface area contributed by atoms with Gasteiger partial charge in [0.05, 0.1) is 0 Å². The Bertz CT molecular complexity index is 689. The molecular weight excluding hydrogens is 268 g/mol. The minimum atomic E-state index is -1.08. The molecule has 2 aromatic rings. The Morgan fingerprint density at radius 1 is 1.47 bits per heavy atom. The Hall–Kier alpha value is -2.09. The van der Waals surface area contributed by atoms with Crippen LogP contribution in [0.1, 0.15) is 29.4 Å². The van der Waals surface area contributed by atoms with E-state index in [4.69, 9.17) is 5.11 Å². The molecule has 0 aromatic carbocycles. The zero-order valence-electron chi connectivity index (χ0n) is 9.74. The van der Waals surface area contributed by atoms with Crippen LogP contribution >= 0.6 is 11.8 Å². The van der Waals surface area contributed by atoms with Crippen molar-refractivity contribution in [2.45, 2.75) is 29.1 Å². The number of nitrogens with zero attached hydrogens (tertiary/aromatic N) is 3. The van der Waals surface area contributed by atoms with E-state index in [9.17, 15) is 9.59 Å². The average Bonchev–Trinajstić information content (AvgIpc) is 3.15. The number of carbonyl (C=O) groups is 1. The number of hydrogen-bond acceptors (Lipinski definition) is 5. The van der Waals surface area contributed by atoms with E-state index >= 15 is 0 Å². The summed E-state index contributed by atoms with van der Waals surface area (Å²) in [7, 11) is 0. The number of carboxylic acids is 1. The number of aromatic carboxylic acids is 1. The maximum absolute atomic E-state index is 11.6. The second-order valence-corrected chi connectivity index (χ2v) is 5.17. The van der Waals surface area contributed by atoms with Crippen molar-refractivity contribution in [3.05, 3.63) is 34.4 Å². The lowest BCUT2D eigenvalue weighted by Crippen LogP contribution is -2.16. The fourth-order valence-corrected chi connectivity index (χ4v) is 2.60. The second kappa shape index (κ2) is 4.54. The molecule has 1 aliphatic carbocycles. The third-order valence-electron chi connectivity index (χ3n) is 2.72. The molecule has 1 aliphatic rings. The number of nitrogens with one attached hydrogen (secondary N) is 1. The first-order valence-electron chi connectivity index (χ1n) is 5.70. The van der Waals surface area contributed by atoms with Gasteiger partial charge in [-0.15, -0.1) is 5.10 Å². The molecule has 98 valence electrons. The summed E-state index contributed by atoms with van der Waals surface area (Å²) in [4.78, 5) is 26.4. The van der Waals surface area contributed by atoms with Crippen molar-refractivity contribution in [3.63, 3.8) is 0 Å². The maximum atomic E-state index is 11.6. The second-order valence-electron chi connectivity index (χ2n) is 4.18. The van der Waals surface area contributed by atoms with Gasteiger partial charge in [-0.1, -0.05) is 6.07 Å². The molecule has 3 rings (SSSR count). The molecule has 0 atom stereocenters. The van der Waals surface area contributed by atoms with E-state index in [1.54, 1.807) is 16.7 Å². The number of rotatable bonds is 4. The van der Waals surface area contributed by atoms with E-state index in [0.717, 1.165) is 12.8 Å². The highest BCUT2D eigenvalue weighted by Gasteiger charge is 2.28. The topological polar surface area (TPSA) is 101 Å². The molecule has 0 radical (unpaired) electrons. The van der Waals surface area contributed by atoms with Gasteiger partial charge in [-0.3, -0.25) is 4.57 Å². The standard InChI is InChI=1S/C11H10N4O3S/c16-9(17)7-2-1-3-8(12-7)19-11-14-13-10(18)15(11)6-4-5-6/h1-3,6H,4-5H2,(H,13,18)(H,16,17). The number of H-pyrrole nitrogens is 1. The highest BCUT2D eigenvalue weighted by atomic mass is 32.2. The van der Waals surface area contributed by atoms with Crippen LogP contribution in [0, 0.1) is 0 Å². The SMILES string of the molecule is O=C(O)c1cccc(Sc2n[nH]c(=O)n2C2CC2)n1. The number of carboxylic acid groups (broad SMARTS) is 1. The van der Waals surface area contributed by atoms with E-state index < -0.39 is 5.97 Å². The average molecular weight is 278 g/mol. The molecule has 2 heterocycles. The summed E-state index contributed by atoms with van der Waals surface area (Å²) in [5.41, 5.74) is -0.264. The van der Waals surface area contributed by atoms with Crippen molar-refractivity contribution < 1.29 is 9.90 Å². The summed E-state index contributed by atoms with van der Waals surface area (Å²) in [6, 6.07) is 4.93. The lowest BCUT2D eigenvalue weighted by molar-refractivity contribution is 0.0689. The van der Waals surface area contributed by atoms with Crippen LogP contribution in [-0.2, 0) is 0 Å². The number of hydrogen-bond donors (Lipinski definition) is 2. The Kier molecular flexibility index (Phi) is 2.86. The van der Waals surface area contributed by atoms with Crippen LogP contribution in [0.5, 0.6) is 0 Å². The van der Waals surface area contributed by atoms with Crippen molar-refractivity contribution in [1.82, 2.24) is 19.7 Å². The molecule has 0 amide bonds. The van der Waals surface area contributed by atoms with Gasteiger partial charge >= 0.3 is 11.7 Å². The predicted octanol–water partition coefficient (Wildman–Crippen LogP) is 1.15. The van der Waals surface area contributed by atoms with E-state index in [1.165, 1.54) is 17.8 Å².